The Morgan fingerprint density at radius 1 is 1.28 bits per heavy atom. The zero-order valence-electron chi connectivity index (χ0n) is 9.51. The van der Waals surface area contributed by atoms with Crippen LogP contribution in [0.5, 0.6) is 0 Å². The van der Waals surface area contributed by atoms with Gasteiger partial charge in [0.05, 0.1) is 0 Å². The van der Waals surface area contributed by atoms with Crippen LogP contribution in [-0.4, -0.2) is 22.8 Å². The van der Waals surface area contributed by atoms with Crippen LogP contribution >= 0.6 is 0 Å². The van der Waals surface area contributed by atoms with Crippen molar-refractivity contribution in [1.29, 1.82) is 5.41 Å². The average Bonchev–Trinajstić information content (AvgIpc) is 3.05. The highest BCUT2D eigenvalue weighted by atomic mass is 16.4. The molecule has 1 saturated carbocycles. The second-order valence-electron chi connectivity index (χ2n) is 4.43. The van der Waals surface area contributed by atoms with Crippen LogP contribution in [0, 0.1) is 10.8 Å². The third kappa shape index (κ3) is 1.62. The lowest BCUT2D eigenvalue weighted by Gasteiger charge is -2.08. The number of nitrogen functional groups attached to an aromatic ring is 1. The summed E-state index contributed by atoms with van der Waals surface area (Å²) >= 11 is 0. The van der Waals surface area contributed by atoms with Gasteiger partial charge in [-0.05, 0) is 12.0 Å². The van der Waals surface area contributed by atoms with E-state index in [0.29, 0.717) is 5.56 Å². The van der Waals surface area contributed by atoms with Gasteiger partial charge in [-0.1, -0.05) is 24.3 Å². The molecule has 0 aliphatic heterocycles. The van der Waals surface area contributed by atoms with E-state index in [1.165, 1.54) is 0 Å². The van der Waals surface area contributed by atoms with E-state index in [4.69, 9.17) is 22.0 Å². The summed E-state index contributed by atoms with van der Waals surface area (Å²) in [6.07, 6.45) is 0.219. The normalized spacial score (nSPS) is 25.4. The van der Waals surface area contributed by atoms with E-state index in [9.17, 15) is 9.59 Å². The van der Waals surface area contributed by atoms with Crippen LogP contribution in [0.3, 0.4) is 0 Å². The molecule has 2 rings (SSSR count). The number of aliphatic carboxylic acids is 1. The van der Waals surface area contributed by atoms with Gasteiger partial charge >= 0.3 is 5.97 Å². The topological polar surface area (TPSA) is 130 Å². The van der Waals surface area contributed by atoms with Crippen molar-refractivity contribution in [3.8, 4) is 0 Å². The van der Waals surface area contributed by atoms with Crippen LogP contribution in [-0.2, 0) is 9.59 Å². The maximum Gasteiger partial charge on any atom is 0.319 e. The highest BCUT2D eigenvalue weighted by Crippen LogP contribution is 2.59. The molecule has 1 aliphatic carbocycles. The Hall–Kier alpha value is -2.37. The molecule has 6 nitrogen and oxygen atoms in total. The molecule has 0 spiro atoms. The molecular weight excluding hydrogens is 234 g/mol. The quantitative estimate of drug-likeness (QED) is 0.339. The number of amides is 1. The number of primary amides is 1. The molecule has 1 fully saturated rings. The van der Waals surface area contributed by atoms with Gasteiger partial charge in [-0.3, -0.25) is 15.0 Å². The average molecular weight is 247 g/mol. The van der Waals surface area contributed by atoms with Crippen molar-refractivity contribution in [1.82, 2.24) is 0 Å². The number of hydrogen-bond acceptors (Lipinski definition) is 3. The van der Waals surface area contributed by atoms with Crippen molar-refractivity contribution in [2.45, 2.75) is 12.3 Å². The fourth-order valence-corrected chi connectivity index (χ4v) is 2.17. The van der Waals surface area contributed by atoms with E-state index in [1.54, 1.807) is 24.3 Å². The van der Waals surface area contributed by atoms with Crippen LogP contribution in [0.1, 0.15) is 23.5 Å². The van der Waals surface area contributed by atoms with Crippen LogP contribution < -0.4 is 11.5 Å². The molecule has 6 heteroatoms. The second kappa shape index (κ2) is 3.83. The van der Waals surface area contributed by atoms with Gasteiger partial charge < -0.3 is 16.6 Å². The molecule has 94 valence electrons. The zero-order valence-corrected chi connectivity index (χ0v) is 9.51. The Labute approximate surface area is 103 Å². The molecule has 2 atom stereocenters. The number of carboxylic acids is 1. The zero-order chi connectivity index (χ0) is 13.5. The molecule has 1 aliphatic rings. The lowest BCUT2D eigenvalue weighted by atomic mass is 9.97. The standard InChI is InChI=1S/C12H13N3O3/c13-9(14)7-3-1-6(2-4-7)8-5-12(8,10(15)16)11(17)18/h1-4,8H,5H2,(H3,13,14)(H2,15,16)(H,17,18). The highest BCUT2D eigenvalue weighted by molar-refractivity contribution is 6.06. The van der Waals surface area contributed by atoms with E-state index in [0.717, 1.165) is 5.56 Å². The third-order valence-corrected chi connectivity index (χ3v) is 3.41. The fraction of sp³-hybridized carbons (Fsp3) is 0.250. The van der Waals surface area contributed by atoms with Gasteiger partial charge in [0.1, 0.15) is 5.84 Å². The summed E-state index contributed by atoms with van der Waals surface area (Å²) in [5.74, 6) is -2.45. The third-order valence-electron chi connectivity index (χ3n) is 3.41. The molecule has 1 amide bonds. The minimum absolute atomic E-state index is 0.0586. The summed E-state index contributed by atoms with van der Waals surface area (Å²) in [5, 5.41) is 16.3. The van der Waals surface area contributed by atoms with Crippen LogP contribution in [0.2, 0.25) is 0 Å². The first kappa shape index (κ1) is 12.1. The first-order valence-corrected chi connectivity index (χ1v) is 5.37. The molecular formula is C12H13N3O3. The highest BCUT2D eigenvalue weighted by Gasteiger charge is 2.65. The van der Waals surface area contributed by atoms with E-state index in [1.807, 2.05) is 0 Å². The Bertz CT molecular complexity index is 522. The van der Waals surface area contributed by atoms with Gasteiger partial charge in [-0.25, -0.2) is 0 Å². The van der Waals surface area contributed by atoms with Crippen LogP contribution in [0.15, 0.2) is 24.3 Å². The van der Waals surface area contributed by atoms with Gasteiger partial charge in [0.25, 0.3) is 0 Å². The maximum atomic E-state index is 11.3. The maximum absolute atomic E-state index is 11.3. The SMILES string of the molecule is N=C(N)c1ccc(C2CC2(C(N)=O)C(=O)O)cc1. The smallest absolute Gasteiger partial charge is 0.319 e. The summed E-state index contributed by atoms with van der Waals surface area (Å²) in [4.78, 5) is 22.4. The number of hydrogen-bond donors (Lipinski definition) is 4. The fourth-order valence-electron chi connectivity index (χ4n) is 2.17. The second-order valence-corrected chi connectivity index (χ2v) is 4.43. The monoisotopic (exact) mass is 247 g/mol. The van der Waals surface area contributed by atoms with E-state index in [-0.39, 0.29) is 12.3 Å². The van der Waals surface area contributed by atoms with Crippen molar-refractivity contribution >= 4 is 17.7 Å². The molecule has 18 heavy (non-hydrogen) atoms. The first-order valence-electron chi connectivity index (χ1n) is 5.37. The van der Waals surface area contributed by atoms with E-state index >= 15 is 0 Å². The number of benzene rings is 1. The number of carboxylic acid groups (broad SMARTS) is 1. The molecule has 2 unspecified atom stereocenters. The Morgan fingerprint density at radius 3 is 2.17 bits per heavy atom. The number of carbonyl (C=O) groups excluding carboxylic acids is 1. The van der Waals surface area contributed by atoms with Gasteiger partial charge in [0.2, 0.25) is 5.91 Å². The summed E-state index contributed by atoms with van der Waals surface area (Å²) in [7, 11) is 0. The molecule has 0 bridgehead atoms. The lowest BCUT2D eigenvalue weighted by molar-refractivity contribution is -0.148. The number of nitrogens with two attached hydrogens (primary N) is 2. The molecule has 1 aromatic carbocycles. The number of carbonyl (C=O) groups is 2. The van der Waals surface area contributed by atoms with Crippen molar-refractivity contribution < 1.29 is 14.7 Å². The molecule has 0 aromatic heterocycles. The van der Waals surface area contributed by atoms with Gasteiger partial charge in [0, 0.05) is 11.5 Å². The van der Waals surface area contributed by atoms with Gasteiger partial charge in [-0.15, -0.1) is 0 Å². The van der Waals surface area contributed by atoms with Crippen molar-refractivity contribution in [2.75, 3.05) is 0 Å². The van der Waals surface area contributed by atoms with E-state index < -0.39 is 23.2 Å². The molecule has 0 radical (unpaired) electrons. The van der Waals surface area contributed by atoms with Gasteiger partial charge in [0.15, 0.2) is 5.41 Å². The molecule has 0 heterocycles. The summed E-state index contributed by atoms with van der Waals surface area (Å²) in [6.45, 7) is 0. The molecule has 1 aromatic rings. The van der Waals surface area contributed by atoms with Gasteiger partial charge in [-0.2, -0.15) is 0 Å². The van der Waals surface area contributed by atoms with Crippen molar-refractivity contribution in [3.05, 3.63) is 35.4 Å². The molecule has 6 N–H and O–H groups in total. The Kier molecular flexibility index (Phi) is 2.58. The minimum atomic E-state index is -1.47. The predicted molar refractivity (Wildman–Crippen MR) is 64.1 cm³/mol. The molecule has 0 saturated heterocycles. The van der Waals surface area contributed by atoms with E-state index in [2.05, 4.69) is 0 Å². The lowest BCUT2D eigenvalue weighted by Crippen LogP contribution is -2.33. The van der Waals surface area contributed by atoms with Crippen LogP contribution in [0.25, 0.3) is 0 Å². The number of nitrogens with one attached hydrogen (secondary N) is 1. The summed E-state index contributed by atoms with van der Waals surface area (Å²) in [5.41, 5.74) is 10.3. The summed E-state index contributed by atoms with van der Waals surface area (Å²) in [6, 6.07) is 6.61. The minimum Gasteiger partial charge on any atom is -0.480 e. The number of rotatable bonds is 4. The van der Waals surface area contributed by atoms with Crippen molar-refractivity contribution in [3.63, 3.8) is 0 Å². The van der Waals surface area contributed by atoms with Crippen molar-refractivity contribution in [2.24, 2.45) is 16.9 Å². The Morgan fingerprint density at radius 2 is 1.83 bits per heavy atom. The van der Waals surface area contributed by atoms with Crippen LogP contribution in [0.4, 0.5) is 0 Å². The predicted octanol–water partition coefficient (Wildman–Crippen LogP) is 0.0143. The largest absolute Gasteiger partial charge is 0.480 e. The number of amidine groups is 1. The Balaban J connectivity index is 2.28. The first-order chi connectivity index (χ1) is 8.39. The summed E-state index contributed by atoms with van der Waals surface area (Å²) < 4.78 is 0.